The van der Waals surface area contributed by atoms with Gasteiger partial charge in [-0.05, 0) is 57.8 Å². The lowest BCUT2D eigenvalue weighted by molar-refractivity contribution is -0.883. The molecule has 0 fully saturated rings. The van der Waals surface area contributed by atoms with Crippen molar-refractivity contribution >= 4 is 7.60 Å². The first-order chi connectivity index (χ1) is 19.7. The topological polar surface area (TPSA) is 65.0 Å². The van der Waals surface area contributed by atoms with Crippen molar-refractivity contribution in [3.63, 3.8) is 0 Å². The minimum Gasteiger partial charge on any atom is -0.379 e. The van der Waals surface area contributed by atoms with Crippen molar-refractivity contribution in [1.82, 2.24) is 0 Å². The highest BCUT2D eigenvalue weighted by Gasteiger charge is 2.42. The molecule has 244 valence electrons. The summed E-state index contributed by atoms with van der Waals surface area (Å²) in [6.45, 7) is 5.38. The summed E-state index contributed by atoms with van der Waals surface area (Å²) in [6, 6.07) is 0. The Hall–Kier alpha value is -0.490. The molecule has 0 aliphatic carbocycles. The summed E-state index contributed by atoms with van der Waals surface area (Å²) in [4.78, 5) is 10.6. The van der Waals surface area contributed by atoms with Crippen LogP contribution in [0.5, 0.6) is 0 Å². The molecule has 7 heteroatoms. The number of hydrogen-bond donors (Lipinski definition) is 1. The third kappa shape index (κ3) is 24.6. The zero-order chi connectivity index (χ0) is 30.7. The molecular weight excluding hydrogens is 533 g/mol. The SMILES string of the molecule is CCCC/C=C\CCCCCCCCCC/C=C\CCCCCOC[C@H](COP(=O)(O)C(CCC)[N+](C)(C)C)OC. The van der Waals surface area contributed by atoms with Crippen LogP contribution in [0, 0.1) is 0 Å². The fourth-order valence-electron chi connectivity index (χ4n) is 4.94. The molecule has 1 N–H and O–H groups in total. The lowest BCUT2D eigenvalue weighted by Gasteiger charge is -2.36. The summed E-state index contributed by atoms with van der Waals surface area (Å²) in [6.07, 6.45) is 32.4. The molecule has 0 aromatic carbocycles. The highest BCUT2D eigenvalue weighted by Crippen LogP contribution is 2.51. The second kappa shape index (κ2) is 27.1. The molecular formula is C34H69NO5P+. The van der Waals surface area contributed by atoms with E-state index in [1.54, 1.807) is 7.11 Å². The number of nitrogens with zero attached hydrogens (tertiary/aromatic N) is 1. The Bertz CT molecular complexity index is 677. The maximum atomic E-state index is 12.9. The summed E-state index contributed by atoms with van der Waals surface area (Å²) >= 11 is 0. The van der Waals surface area contributed by atoms with E-state index in [-0.39, 0.29) is 12.7 Å². The molecule has 0 aromatic heterocycles. The third-order valence-corrected chi connectivity index (χ3v) is 9.83. The van der Waals surface area contributed by atoms with Crippen molar-refractivity contribution in [3.8, 4) is 0 Å². The van der Waals surface area contributed by atoms with E-state index in [0.29, 0.717) is 24.1 Å². The highest BCUT2D eigenvalue weighted by molar-refractivity contribution is 7.53. The summed E-state index contributed by atoms with van der Waals surface area (Å²) in [5, 5.41) is 0. The van der Waals surface area contributed by atoms with E-state index in [2.05, 4.69) is 31.2 Å². The van der Waals surface area contributed by atoms with E-state index < -0.39 is 13.4 Å². The summed E-state index contributed by atoms with van der Waals surface area (Å²) < 4.78 is 30.0. The Labute approximate surface area is 255 Å². The number of unbranched alkanes of at least 4 members (excludes halogenated alkanes) is 14. The van der Waals surface area contributed by atoms with E-state index in [1.807, 2.05) is 28.1 Å². The Morgan fingerprint density at radius 2 is 1.15 bits per heavy atom. The van der Waals surface area contributed by atoms with Crippen molar-refractivity contribution in [2.75, 3.05) is 48.1 Å². The molecule has 6 nitrogen and oxygen atoms in total. The highest BCUT2D eigenvalue weighted by atomic mass is 31.2. The predicted octanol–water partition coefficient (Wildman–Crippen LogP) is 9.82. The second-order valence-corrected chi connectivity index (χ2v) is 14.5. The lowest BCUT2D eigenvalue weighted by Crippen LogP contribution is -2.45. The molecule has 0 rings (SSSR count). The van der Waals surface area contributed by atoms with Gasteiger partial charge < -0.3 is 23.4 Å². The fourth-order valence-corrected chi connectivity index (χ4v) is 6.95. The van der Waals surface area contributed by atoms with Crippen molar-refractivity contribution in [2.24, 2.45) is 0 Å². The van der Waals surface area contributed by atoms with Gasteiger partial charge in [-0.2, -0.15) is 0 Å². The van der Waals surface area contributed by atoms with Crippen LogP contribution in [-0.2, 0) is 18.6 Å². The maximum absolute atomic E-state index is 12.9. The molecule has 0 saturated heterocycles. The number of rotatable bonds is 30. The quantitative estimate of drug-likeness (QED) is 0.0384. The zero-order valence-corrected chi connectivity index (χ0v) is 28.9. The maximum Gasteiger partial charge on any atom is 0.385 e. The molecule has 0 amide bonds. The van der Waals surface area contributed by atoms with Gasteiger partial charge in [0.2, 0.25) is 0 Å². The molecule has 41 heavy (non-hydrogen) atoms. The van der Waals surface area contributed by atoms with Crippen LogP contribution in [0.3, 0.4) is 0 Å². The van der Waals surface area contributed by atoms with Crippen LogP contribution in [0.2, 0.25) is 0 Å². The van der Waals surface area contributed by atoms with Gasteiger partial charge in [0.1, 0.15) is 6.10 Å². The second-order valence-electron chi connectivity index (χ2n) is 12.5. The molecule has 0 radical (unpaired) electrons. The first-order valence-corrected chi connectivity index (χ1v) is 18.5. The largest absolute Gasteiger partial charge is 0.385 e. The van der Waals surface area contributed by atoms with Gasteiger partial charge in [-0.15, -0.1) is 0 Å². The smallest absolute Gasteiger partial charge is 0.379 e. The van der Waals surface area contributed by atoms with E-state index in [0.717, 1.165) is 25.7 Å². The molecule has 0 spiro atoms. The van der Waals surface area contributed by atoms with Crippen molar-refractivity contribution in [3.05, 3.63) is 24.3 Å². The van der Waals surface area contributed by atoms with Gasteiger partial charge in [-0.25, -0.2) is 0 Å². The number of allylic oxidation sites excluding steroid dienone is 4. The molecule has 3 atom stereocenters. The van der Waals surface area contributed by atoms with E-state index in [9.17, 15) is 9.46 Å². The lowest BCUT2D eigenvalue weighted by atomic mass is 10.1. The molecule has 0 aromatic rings. The van der Waals surface area contributed by atoms with Gasteiger partial charge in [0.25, 0.3) is 0 Å². The van der Waals surface area contributed by atoms with E-state index in [1.165, 1.54) is 89.9 Å². The van der Waals surface area contributed by atoms with Crippen LogP contribution in [-0.4, -0.2) is 69.3 Å². The number of hydrogen-bond acceptors (Lipinski definition) is 4. The Morgan fingerprint density at radius 3 is 1.59 bits per heavy atom. The predicted molar refractivity (Wildman–Crippen MR) is 177 cm³/mol. The van der Waals surface area contributed by atoms with Crippen LogP contribution in [0.15, 0.2) is 24.3 Å². The summed E-state index contributed by atoms with van der Waals surface area (Å²) in [7, 11) is 3.62. The van der Waals surface area contributed by atoms with E-state index in [4.69, 9.17) is 14.0 Å². The third-order valence-electron chi connectivity index (χ3n) is 7.61. The molecule has 0 aliphatic rings. The number of quaternary nitrogens is 1. The van der Waals surface area contributed by atoms with Crippen LogP contribution < -0.4 is 0 Å². The molecule has 0 aliphatic heterocycles. The standard InChI is InChI=1S/C34H68NO5P/c1-7-9-10-11-12-13-14-15-16-17-18-19-20-21-22-23-24-25-26-27-28-30-39-31-33(38-6)32-40-41(36,37)34(29-8-2)35(3,4)5/h11-12,23-24,33-34H,7-10,13-22,25-32H2,1-6H3/p+1/b12-11-,24-23-/t33-,34?/m1/s1. The van der Waals surface area contributed by atoms with Gasteiger partial charge >= 0.3 is 7.60 Å². The van der Waals surface area contributed by atoms with Gasteiger partial charge in [0.15, 0.2) is 5.78 Å². The first-order valence-electron chi connectivity index (χ1n) is 16.9. The van der Waals surface area contributed by atoms with Crippen molar-refractivity contribution < 1.29 is 27.9 Å². The van der Waals surface area contributed by atoms with Gasteiger partial charge in [0.05, 0.1) is 34.4 Å². The minimum absolute atomic E-state index is 0.0621. The van der Waals surface area contributed by atoms with Gasteiger partial charge in [0, 0.05) is 20.1 Å². The van der Waals surface area contributed by atoms with E-state index >= 15 is 0 Å². The summed E-state index contributed by atoms with van der Waals surface area (Å²) in [5.41, 5.74) is 0. The van der Waals surface area contributed by atoms with Crippen LogP contribution in [0.1, 0.15) is 136 Å². The average Bonchev–Trinajstić information content (AvgIpc) is 2.93. The Balaban J connectivity index is 3.65. The van der Waals surface area contributed by atoms with Crippen LogP contribution >= 0.6 is 7.60 Å². The molecule has 2 unspecified atom stereocenters. The number of ether oxygens (including phenoxy) is 2. The molecule has 0 saturated carbocycles. The molecule has 0 heterocycles. The summed E-state index contributed by atoms with van der Waals surface area (Å²) in [5.74, 6) is -0.447. The normalized spacial score (nSPS) is 15.6. The van der Waals surface area contributed by atoms with Crippen LogP contribution in [0.25, 0.3) is 0 Å². The van der Waals surface area contributed by atoms with Crippen molar-refractivity contribution in [2.45, 2.75) is 148 Å². The average molecular weight is 603 g/mol. The zero-order valence-electron chi connectivity index (χ0n) is 28.0. The van der Waals surface area contributed by atoms with Crippen molar-refractivity contribution in [1.29, 1.82) is 0 Å². The fraction of sp³-hybridized carbons (Fsp3) is 0.882. The monoisotopic (exact) mass is 602 g/mol. The Kier molecular flexibility index (Phi) is 26.8. The Morgan fingerprint density at radius 1 is 0.683 bits per heavy atom. The van der Waals surface area contributed by atoms with Gasteiger partial charge in [-0.1, -0.05) is 95.9 Å². The number of methoxy groups -OCH3 is 1. The van der Waals surface area contributed by atoms with Crippen LogP contribution in [0.4, 0.5) is 0 Å². The first kappa shape index (κ1) is 40.5. The minimum atomic E-state index is -3.76. The van der Waals surface area contributed by atoms with Gasteiger partial charge in [-0.3, -0.25) is 4.57 Å². The molecule has 0 bridgehead atoms.